The fourth-order valence-corrected chi connectivity index (χ4v) is 5.45. The van der Waals surface area contributed by atoms with Crippen molar-refractivity contribution in [2.75, 3.05) is 12.4 Å². The van der Waals surface area contributed by atoms with E-state index in [2.05, 4.69) is 28.9 Å². The van der Waals surface area contributed by atoms with Gasteiger partial charge < -0.3 is 19.5 Å². The molecule has 7 heteroatoms. The topological polar surface area (TPSA) is 64.3 Å². The minimum atomic E-state index is -0.364. The number of carbonyl (C=O) groups is 1. The highest BCUT2D eigenvalue weighted by Crippen LogP contribution is 2.39. The van der Waals surface area contributed by atoms with E-state index >= 15 is 0 Å². The molecule has 2 aromatic heterocycles. The Hall–Kier alpha value is -4.78. The third-order valence-corrected chi connectivity index (χ3v) is 7.38. The first-order valence-corrected chi connectivity index (χ1v) is 13.0. The molecule has 0 saturated heterocycles. The number of urea groups is 1. The quantitative estimate of drug-likeness (QED) is 0.287. The van der Waals surface area contributed by atoms with E-state index in [0.29, 0.717) is 6.54 Å². The number of ether oxygens (including phenoxy) is 1. The summed E-state index contributed by atoms with van der Waals surface area (Å²) in [5, 5.41) is 8.12. The van der Waals surface area contributed by atoms with E-state index in [1.54, 1.807) is 7.11 Å². The summed E-state index contributed by atoms with van der Waals surface area (Å²) in [6, 6.07) is 27.7. The van der Waals surface area contributed by atoms with Crippen molar-refractivity contribution in [2.24, 2.45) is 0 Å². The number of nitrogens with one attached hydrogen (secondary N) is 1. The summed E-state index contributed by atoms with van der Waals surface area (Å²) in [5.41, 5.74) is 7.75. The summed E-state index contributed by atoms with van der Waals surface area (Å²) >= 11 is 0. The van der Waals surface area contributed by atoms with Gasteiger partial charge in [-0.25, -0.2) is 9.48 Å². The summed E-state index contributed by atoms with van der Waals surface area (Å²) in [6.07, 6.45) is 2.05. The molecule has 0 aliphatic carbocycles. The van der Waals surface area contributed by atoms with E-state index in [1.807, 2.05) is 102 Å². The second kappa shape index (κ2) is 9.83. The van der Waals surface area contributed by atoms with Gasteiger partial charge in [0.25, 0.3) is 0 Å². The summed E-state index contributed by atoms with van der Waals surface area (Å²) in [6.45, 7) is 6.46. The van der Waals surface area contributed by atoms with Crippen molar-refractivity contribution in [2.45, 2.75) is 33.4 Å². The van der Waals surface area contributed by atoms with E-state index in [1.165, 1.54) is 0 Å². The van der Waals surface area contributed by atoms with Gasteiger partial charge in [-0.2, -0.15) is 5.10 Å². The first kappa shape index (κ1) is 24.6. The zero-order valence-electron chi connectivity index (χ0n) is 22.6. The number of hydrogen-bond acceptors (Lipinski definition) is 3. The summed E-state index contributed by atoms with van der Waals surface area (Å²) in [5.74, 6) is 1.68. The molecule has 0 spiro atoms. The second-order valence-electron chi connectivity index (χ2n) is 9.99. The molecule has 196 valence electrons. The van der Waals surface area contributed by atoms with E-state index in [9.17, 15) is 4.79 Å². The summed E-state index contributed by atoms with van der Waals surface area (Å²) in [7, 11) is 1.66. The number of rotatable bonds is 4. The van der Waals surface area contributed by atoms with Crippen molar-refractivity contribution >= 4 is 11.7 Å². The Morgan fingerprint density at radius 1 is 0.949 bits per heavy atom. The SMILES string of the molecule is COc1cccc([C@H]2c3cccn3-c3c(c(C)nn3-c3ccccc3)CN2C(=O)Nc2ccc(C)cc2C)c1. The number of aromatic nitrogens is 3. The minimum Gasteiger partial charge on any atom is -0.497 e. The highest BCUT2D eigenvalue weighted by Gasteiger charge is 2.36. The van der Waals surface area contributed by atoms with Crippen LogP contribution in [0.3, 0.4) is 0 Å². The van der Waals surface area contributed by atoms with Gasteiger partial charge in [-0.15, -0.1) is 0 Å². The Balaban J connectivity index is 1.54. The maximum atomic E-state index is 14.2. The molecule has 1 aliphatic heterocycles. The third kappa shape index (κ3) is 4.36. The zero-order chi connectivity index (χ0) is 27.1. The van der Waals surface area contributed by atoms with Gasteiger partial charge in [-0.3, -0.25) is 0 Å². The van der Waals surface area contributed by atoms with Gasteiger partial charge in [0.05, 0.1) is 36.8 Å². The van der Waals surface area contributed by atoms with Gasteiger partial charge in [0.15, 0.2) is 0 Å². The Morgan fingerprint density at radius 2 is 1.77 bits per heavy atom. The number of anilines is 1. The fourth-order valence-electron chi connectivity index (χ4n) is 5.45. The van der Waals surface area contributed by atoms with Crippen molar-refractivity contribution in [3.63, 3.8) is 0 Å². The number of aryl methyl sites for hydroxylation is 3. The van der Waals surface area contributed by atoms with E-state index in [4.69, 9.17) is 9.84 Å². The molecule has 6 rings (SSSR count). The van der Waals surface area contributed by atoms with Crippen LogP contribution >= 0.6 is 0 Å². The van der Waals surface area contributed by atoms with Crippen LogP contribution in [0.5, 0.6) is 5.75 Å². The second-order valence-corrected chi connectivity index (χ2v) is 9.99. The molecule has 3 heterocycles. The highest BCUT2D eigenvalue weighted by atomic mass is 16.5. The Bertz CT molecular complexity index is 1670. The summed E-state index contributed by atoms with van der Waals surface area (Å²) in [4.78, 5) is 16.1. The maximum absolute atomic E-state index is 14.2. The van der Waals surface area contributed by atoms with Crippen LogP contribution in [-0.2, 0) is 6.54 Å². The largest absolute Gasteiger partial charge is 0.497 e. The fraction of sp³-hybridized carbons (Fsp3) is 0.188. The number of benzene rings is 3. The van der Waals surface area contributed by atoms with Gasteiger partial charge >= 0.3 is 6.03 Å². The summed E-state index contributed by atoms with van der Waals surface area (Å²) < 4.78 is 9.71. The molecule has 39 heavy (non-hydrogen) atoms. The molecule has 0 unspecified atom stereocenters. The molecule has 7 nitrogen and oxygen atoms in total. The van der Waals surface area contributed by atoms with Crippen LogP contribution in [0.2, 0.25) is 0 Å². The van der Waals surface area contributed by atoms with Crippen molar-refractivity contribution < 1.29 is 9.53 Å². The molecule has 0 saturated carbocycles. The molecule has 2 amide bonds. The number of amides is 2. The van der Waals surface area contributed by atoms with Crippen molar-refractivity contribution in [3.8, 4) is 17.3 Å². The molecule has 0 radical (unpaired) electrons. The van der Waals surface area contributed by atoms with Crippen LogP contribution in [0.1, 0.15) is 39.7 Å². The van der Waals surface area contributed by atoms with Crippen molar-refractivity contribution in [1.82, 2.24) is 19.2 Å². The molecular formula is C32H31N5O2. The molecular weight excluding hydrogens is 486 g/mol. The molecule has 5 aromatic rings. The lowest BCUT2D eigenvalue weighted by molar-refractivity contribution is 0.194. The molecule has 1 aliphatic rings. The number of para-hydroxylation sites is 1. The lowest BCUT2D eigenvalue weighted by atomic mass is 10.0. The monoisotopic (exact) mass is 517 g/mol. The average molecular weight is 518 g/mol. The minimum absolute atomic E-state index is 0.178. The average Bonchev–Trinajstić information content (AvgIpc) is 3.51. The lowest BCUT2D eigenvalue weighted by Crippen LogP contribution is -2.38. The third-order valence-electron chi connectivity index (χ3n) is 7.38. The van der Waals surface area contributed by atoms with E-state index in [0.717, 1.165) is 56.6 Å². The number of methoxy groups -OCH3 is 1. The van der Waals surface area contributed by atoms with Gasteiger partial charge in [-0.1, -0.05) is 48.0 Å². The van der Waals surface area contributed by atoms with Crippen LogP contribution in [-0.4, -0.2) is 32.4 Å². The first-order chi connectivity index (χ1) is 18.9. The number of carbonyl (C=O) groups excluding carboxylic acids is 1. The van der Waals surface area contributed by atoms with Gasteiger partial charge in [0.2, 0.25) is 0 Å². The normalized spacial score (nSPS) is 14.4. The lowest BCUT2D eigenvalue weighted by Gasteiger charge is -2.31. The molecule has 0 bridgehead atoms. The zero-order valence-corrected chi connectivity index (χ0v) is 22.6. The van der Waals surface area contributed by atoms with Crippen LogP contribution in [0.25, 0.3) is 11.5 Å². The van der Waals surface area contributed by atoms with Crippen molar-refractivity contribution in [3.05, 3.63) is 125 Å². The predicted molar refractivity (Wildman–Crippen MR) is 153 cm³/mol. The number of nitrogens with zero attached hydrogens (tertiary/aromatic N) is 4. The first-order valence-electron chi connectivity index (χ1n) is 13.0. The molecule has 3 aromatic carbocycles. The van der Waals surface area contributed by atoms with Crippen LogP contribution in [0.15, 0.2) is 91.1 Å². The van der Waals surface area contributed by atoms with E-state index in [-0.39, 0.29) is 12.1 Å². The standard InChI is InChI=1S/C32H31N5O2/c1-21-15-16-28(22(2)18-21)33-32(38)36-20-27-23(3)34-37(25-11-6-5-7-12-25)31(27)35-17-9-14-29(35)30(36)24-10-8-13-26(19-24)39-4/h5-19,30H,20H2,1-4H3,(H,33,38)/t30-/m0/s1. The number of hydrogen-bond donors (Lipinski definition) is 1. The van der Waals surface area contributed by atoms with Gasteiger partial charge in [0.1, 0.15) is 11.6 Å². The van der Waals surface area contributed by atoms with E-state index < -0.39 is 0 Å². The molecule has 1 atom stereocenters. The molecule has 1 N–H and O–H groups in total. The van der Waals surface area contributed by atoms with Crippen LogP contribution in [0, 0.1) is 20.8 Å². The Morgan fingerprint density at radius 3 is 2.54 bits per heavy atom. The van der Waals surface area contributed by atoms with Crippen LogP contribution < -0.4 is 10.1 Å². The smallest absolute Gasteiger partial charge is 0.322 e. The maximum Gasteiger partial charge on any atom is 0.322 e. The van der Waals surface area contributed by atoms with Crippen molar-refractivity contribution in [1.29, 1.82) is 0 Å². The Kier molecular flexibility index (Phi) is 6.19. The Labute approximate surface area is 228 Å². The van der Waals surface area contributed by atoms with Gasteiger partial charge in [0, 0.05) is 17.4 Å². The molecule has 0 fully saturated rings. The highest BCUT2D eigenvalue weighted by molar-refractivity contribution is 5.91. The van der Waals surface area contributed by atoms with Gasteiger partial charge in [-0.05, 0) is 74.4 Å². The predicted octanol–water partition coefficient (Wildman–Crippen LogP) is 6.73. The van der Waals surface area contributed by atoms with Crippen LogP contribution in [0.4, 0.5) is 10.5 Å². The number of fused-ring (bicyclic) bond motifs is 3.